The van der Waals surface area contributed by atoms with E-state index >= 15 is 0 Å². The Morgan fingerprint density at radius 1 is 1.08 bits per heavy atom. The molecule has 2 aromatic rings. The fraction of sp³-hybridized carbons (Fsp3) is 0.316. The summed E-state index contributed by atoms with van der Waals surface area (Å²) in [6.45, 7) is 4.11. The van der Waals surface area contributed by atoms with E-state index in [1.165, 1.54) is 6.07 Å². The summed E-state index contributed by atoms with van der Waals surface area (Å²) in [6.07, 6.45) is 0. The Kier molecular flexibility index (Phi) is 6.33. The molecule has 1 atom stereocenters. The number of ether oxygens (including phenoxy) is 1. The van der Waals surface area contributed by atoms with Crippen molar-refractivity contribution < 1.29 is 9.13 Å². The van der Waals surface area contributed by atoms with Crippen molar-refractivity contribution in [1.29, 1.82) is 0 Å². The molecular formula is C19H22FN3OS. The van der Waals surface area contributed by atoms with Crippen LogP contribution in [0.15, 0.2) is 54.6 Å². The highest BCUT2D eigenvalue weighted by molar-refractivity contribution is 7.80. The van der Waals surface area contributed by atoms with E-state index < -0.39 is 0 Å². The highest BCUT2D eigenvalue weighted by atomic mass is 32.1. The fourth-order valence-corrected chi connectivity index (χ4v) is 3.09. The number of rotatable bonds is 5. The van der Waals surface area contributed by atoms with Gasteiger partial charge in [0.1, 0.15) is 5.82 Å². The van der Waals surface area contributed by atoms with Crippen LogP contribution in [0, 0.1) is 5.82 Å². The van der Waals surface area contributed by atoms with Crippen LogP contribution in [-0.2, 0) is 4.74 Å². The first-order chi connectivity index (χ1) is 12.2. The van der Waals surface area contributed by atoms with Crippen molar-refractivity contribution >= 4 is 23.0 Å². The van der Waals surface area contributed by atoms with Crippen LogP contribution in [0.4, 0.5) is 10.1 Å². The summed E-state index contributed by atoms with van der Waals surface area (Å²) in [5.41, 5.74) is 1.52. The molecule has 0 saturated carbocycles. The summed E-state index contributed by atoms with van der Waals surface area (Å²) >= 11 is 5.41. The topological polar surface area (TPSA) is 36.5 Å². The van der Waals surface area contributed by atoms with Crippen LogP contribution in [-0.4, -0.2) is 42.9 Å². The van der Waals surface area contributed by atoms with Crippen molar-refractivity contribution in [1.82, 2.24) is 10.2 Å². The maximum absolute atomic E-state index is 13.8. The Balaban J connectivity index is 1.68. The van der Waals surface area contributed by atoms with E-state index in [0.717, 1.165) is 38.4 Å². The molecule has 132 valence electrons. The summed E-state index contributed by atoms with van der Waals surface area (Å²) in [5.74, 6) is -0.323. The van der Waals surface area contributed by atoms with Gasteiger partial charge in [0.05, 0.1) is 24.9 Å². The molecule has 3 rings (SSSR count). The number of nitrogens with zero attached hydrogens (tertiary/aromatic N) is 1. The van der Waals surface area contributed by atoms with E-state index in [1.807, 2.05) is 18.2 Å². The molecule has 0 radical (unpaired) electrons. The highest BCUT2D eigenvalue weighted by Gasteiger charge is 2.19. The van der Waals surface area contributed by atoms with Crippen molar-refractivity contribution in [3.05, 3.63) is 66.0 Å². The Bertz CT molecular complexity index is 692. The van der Waals surface area contributed by atoms with Crippen LogP contribution >= 0.6 is 12.2 Å². The molecule has 1 saturated heterocycles. The number of nitrogens with one attached hydrogen (secondary N) is 2. The minimum Gasteiger partial charge on any atom is -0.379 e. The third kappa shape index (κ3) is 5.22. The summed E-state index contributed by atoms with van der Waals surface area (Å²) < 4.78 is 19.2. The number of hydrogen-bond acceptors (Lipinski definition) is 3. The van der Waals surface area contributed by atoms with Crippen LogP contribution in [0.1, 0.15) is 11.6 Å². The second kappa shape index (κ2) is 8.89. The third-order valence-corrected chi connectivity index (χ3v) is 4.39. The minimum absolute atomic E-state index is 0.0195. The second-order valence-corrected chi connectivity index (χ2v) is 6.36. The zero-order valence-corrected chi connectivity index (χ0v) is 14.8. The number of halogens is 1. The van der Waals surface area contributed by atoms with Crippen LogP contribution in [0.3, 0.4) is 0 Å². The van der Waals surface area contributed by atoms with E-state index in [9.17, 15) is 4.39 Å². The maximum atomic E-state index is 13.8. The van der Waals surface area contributed by atoms with Gasteiger partial charge >= 0.3 is 0 Å². The van der Waals surface area contributed by atoms with E-state index in [0.29, 0.717) is 10.8 Å². The van der Waals surface area contributed by atoms with Crippen molar-refractivity contribution in [3.63, 3.8) is 0 Å². The van der Waals surface area contributed by atoms with Gasteiger partial charge in [0, 0.05) is 19.6 Å². The van der Waals surface area contributed by atoms with Gasteiger partial charge in [0.15, 0.2) is 5.11 Å². The quantitative estimate of drug-likeness (QED) is 0.802. The summed E-state index contributed by atoms with van der Waals surface area (Å²) in [6, 6.07) is 16.7. The molecule has 0 aromatic heterocycles. The van der Waals surface area contributed by atoms with Crippen molar-refractivity contribution in [3.8, 4) is 0 Å². The van der Waals surface area contributed by atoms with Gasteiger partial charge < -0.3 is 15.4 Å². The van der Waals surface area contributed by atoms with Gasteiger partial charge in [-0.2, -0.15) is 0 Å². The van der Waals surface area contributed by atoms with Gasteiger partial charge in [-0.05, 0) is 29.9 Å². The largest absolute Gasteiger partial charge is 0.379 e. The number of benzene rings is 2. The van der Waals surface area contributed by atoms with Gasteiger partial charge in [-0.1, -0.05) is 42.5 Å². The maximum Gasteiger partial charge on any atom is 0.171 e. The molecule has 0 aliphatic carbocycles. The summed E-state index contributed by atoms with van der Waals surface area (Å²) in [7, 11) is 0. The Hall–Kier alpha value is -2.02. The predicted molar refractivity (Wildman–Crippen MR) is 102 cm³/mol. The Labute approximate surface area is 153 Å². The van der Waals surface area contributed by atoms with Gasteiger partial charge in [0.25, 0.3) is 0 Å². The van der Waals surface area contributed by atoms with E-state index in [1.54, 1.807) is 18.2 Å². The fourth-order valence-electron chi connectivity index (χ4n) is 2.84. The Morgan fingerprint density at radius 3 is 2.48 bits per heavy atom. The number of anilines is 1. The highest BCUT2D eigenvalue weighted by Crippen LogP contribution is 2.17. The zero-order chi connectivity index (χ0) is 17.5. The molecule has 1 aliphatic rings. The lowest BCUT2D eigenvalue weighted by Gasteiger charge is -2.31. The SMILES string of the molecule is Fc1ccccc1NC(=S)N[C@H](CN1CCOCC1)c1ccccc1. The van der Waals surface area contributed by atoms with Crippen LogP contribution in [0.2, 0.25) is 0 Å². The van der Waals surface area contributed by atoms with Gasteiger partial charge in [-0.3, -0.25) is 4.90 Å². The molecule has 25 heavy (non-hydrogen) atoms. The number of para-hydroxylation sites is 1. The summed E-state index contributed by atoms with van der Waals surface area (Å²) in [4.78, 5) is 2.35. The molecule has 0 bridgehead atoms. The molecule has 1 heterocycles. The van der Waals surface area contributed by atoms with E-state index in [-0.39, 0.29) is 11.9 Å². The third-order valence-electron chi connectivity index (χ3n) is 4.17. The lowest BCUT2D eigenvalue weighted by Crippen LogP contribution is -2.44. The van der Waals surface area contributed by atoms with Gasteiger partial charge in [0.2, 0.25) is 0 Å². The predicted octanol–water partition coefficient (Wildman–Crippen LogP) is 3.19. The first-order valence-electron chi connectivity index (χ1n) is 8.39. The van der Waals surface area contributed by atoms with Gasteiger partial charge in [-0.25, -0.2) is 4.39 Å². The molecule has 1 aliphatic heterocycles. The molecule has 1 fully saturated rings. The molecule has 2 aromatic carbocycles. The van der Waals surface area contributed by atoms with E-state index in [4.69, 9.17) is 17.0 Å². The molecule has 0 unspecified atom stereocenters. The van der Waals surface area contributed by atoms with Crippen molar-refractivity contribution in [2.24, 2.45) is 0 Å². The monoisotopic (exact) mass is 359 g/mol. The summed E-state index contributed by atoms with van der Waals surface area (Å²) in [5, 5.41) is 6.69. The first-order valence-corrected chi connectivity index (χ1v) is 8.80. The molecule has 0 amide bonds. The van der Waals surface area contributed by atoms with E-state index in [2.05, 4.69) is 27.7 Å². The van der Waals surface area contributed by atoms with Crippen LogP contribution in [0.5, 0.6) is 0 Å². The second-order valence-electron chi connectivity index (χ2n) is 5.95. The average molecular weight is 359 g/mol. The molecule has 6 heteroatoms. The zero-order valence-electron chi connectivity index (χ0n) is 14.0. The first kappa shape index (κ1) is 17.8. The number of hydrogen-bond donors (Lipinski definition) is 2. The molecule has 0 spiro atoms. The average Bonchev–Trinajstić information content (AvgIpc) is 2.65. The standard InChI is InChI=1S/C19H22FN3OS/c20-16-8-4-5-9-17(16)21-19(25)22-18(15-6-2-1-3-7-15)14-23-10-12-24-13-11-23/h1-9,18H,10-14H2,(H2,21,22,25)/t18-/m1/s1. The Morgan fingerprint density at radius 2 is 1.76 bits per heavy atom. The minimum atomic E-state index is -0.323. The smallest absolute Gasteiger partial charge is 0.171 e. The molecular weight excluding hydrogens is 337 g/mol. The number of thiocarbonyl (C=S) groups is 1. The van der Waals surface area contributed by atoms with Crippen molar-refractivity contribution in [2.75, 3.05) is 38.2 Å². The lowest BCUT2D eigenvalue weighted by atomic mass is 10.1. The normalized spacial score (nSPS) is 16.2. The van der Waals surface area contributed by atoms with Crippen molar-refractivity contribution in [2.45, 2.75) is 6.04 Å². The number of morpholine rings is 1. The van der Waals surface area contributed by atoms with Crippen LogP contribution < -0.4 is 10.6 Å². The molecule has 2 N–H and O–H groups in total. The lowest BCUT2D eigenvalue weighted by molar-refractivity contribution is 0.0344. The van der Waals surface area contributed by atoms with Gasteiger partial charge in [-0.15, -0.1) is 0 Å². The van der Waals surface area contributed by atoms with Crippen LogP contribution in [0.25, 0.3) is 0 Å². The molecule has 4 nitrogen and oxygen atoms in total.